The molecule has 5 heteroatoms. The first-order valence-corrected chi connectivity index (χ1v) is 8.18. The van der Waals surface area contributed by atoms with Crippen LogP contribution in [0.1, 0.15) is 48.9 Å². The van der Waals surface area contributed by atoms with E-state index in [1.165, 1.54) is 25.7 Å². The Bertz CT molecular complexity index is 514. The van der Waals surface area contributed by atoms with Crippen molar-refractivity contribution in [2.24, 2.45) is 5.92 Å². The Morgan fingerprint density at radius 2 is 2.05 bits per heavy atom. The smallest absolute Gasteiger partial charge is 0.257 e. The largest absolute Gasteiger partial charge is 0.383 e. The Morgan fingerprint density at radius 3 is 2.80 bits per heavy atom. The van der Waals surface area contributed by atoms with Crippen molar-refractivity contribution >= 4 is 27.7 Å². The number of anilines is 1. The lowest BCUT2D eigenvalue weighted by atomic mass is 9.95. The molecule has 0 bridgehead atoms. The Labute approximate surface area is 127 Å². The number of aromatic nitrogens is 1. The highest BCUT2D eigenvalue weighted by Gasteiger charge is 2.36. The summed E-state index contributed by atoms with van der Waals surface area (Å²) < 4.78 is 0.798. The summed E-state index contributed by atoms with van der Waals surface area (Å²) in [5.41, 5.74) is 6.41. The number of halogens is 1. The molecule has 4 nitrogen and oxygen atoms in total. The number of hydrogen-bond donors (Lipinski definition) is 1. The average Bonchev–Trinajstić information content (AvgIpc) is 3.10. The second-order valence-electron chi connectivity index (χ2n) is 5.84. The molecular formula is C15H20BrN3O. The Morgan fingerprint density at radius 1 is 1.30 bits per heavy atom. The normalized spacial score (nSPS) is 23.4. The van der Waals surface area contributed by atoms with Crippen molar-refractivity contribution in [1.29, 1.82) is 0 Å². The minimum absolute atomic E-state index is 0.0469. The van der Waals surface area contributed by atoms with E-state index in [0.717, 1.165) is 23.9 Å². The van der Waals surface area contributed by atoms with Crippen LogP contribution in [0.5, 0.6) is 0 Å². The monoisotopic (exact) mass is 337 g/mol. The van der Waals surface area contributed by atoms with Gasteiger partial charge in [0.25, 0.3) is 5.91 Å². The number of nitrogens with two attached hydrogens (primary N) is 1. The quantitative estimate of drug-likeness (QED) is 0.901. The first-order chi connectivity index (χ1) is 9.66. The van der Waals surface area contributed by atoms with E-state index >= 15 is 0 Å². The zero-order valence-corrected chi connectivity index (χ0v) is 13.1. The topological polar surface area (TPSA) is 59.2 Å². The first-order valence-electron chi connectivity index (χ1n) is 7.39. The molecule has 20 heavy (non-hydrogen) atoms. The van der Waals surface area contributed by atoms with Crippen LogP contribution in [0, 0.1) is 5.92 Å². The molecule has 1 unspecified atom stereocenters. The summed E-state index contributed by atoms with van der Waals surface area (Å²) >= 11 is 3.37. The fourth-order valence-corrected chi connectivity index (χ4v) is 3.98. The molecule has 1 aliphatic carbocycles. The number of hydrogen-bond acceptors (Lipinski definition) is 3. The highest BCUT2D eigenvalue weighted by atomic mass is 79.9. The van der Waals surface area contributed by atoms with E-state index in [2.05, 4.69) is 20.9 Å². The predicted molar refractivity (Wildman–Crippen MR) is 82.4 cm³/mol. The van der Waals surface area contributed by atoms with Crippen molar-refractivity contribution < 1.29 is 4.79 Å². The number of carbonyl (C=O) groups excluding carboxylic acids is 1. The predicted octanol–water partition coefficient (Wildman–Crippen LogP) is 3.22. The van der Waals surface area contributed by atoms with E-state index in [4.69, 9.17) is 5.73 Å². The van der Waals surface area contributed by atoms with Gasteiger partial charge in [0.15, 0.2) is 0 Å². The van der Waals surface area contributed by atoms with E-state index in [0.29, 0.717) is 23.3 Å². The SMILES string of the molecule is Nc1ncc(Br)cc1C(=O)N1CCCC1C1CCCC1. The van der Waals surface area contributed by atoms with Crippen molar-refractivity contribution in [1.82, 2.24) is 9.88 Å². The van der Waals surface area contributed by atoms with Crippen LogP contribution in [-0.2, 0) is 0 Å². The van der Waals surface area contributed by atoms with Gasteiger partial charge >= 0.3 is 0 Å². The average molecular weight is 338 g/mol. The van der Waals surface area contributed by atoms with E-state index in [9.17, 15) is 4.79 Å². The number of pyridine rings is 1. The molecule has 1 amide bonds. The number of amides is 1. The summed E-state index contributed by atoms with van der Waals surface area (Å²) in [6.07, 6.45) is 9.02. The minimum atomic E-state index is 0.0469. The standard InChI is InChI=1S/C15H20BrN3O/c16-11-8-12(14(17)18-9-11)15(20)19-7-3-6-13(19)10-4-1-2-5-10/h8-10,13H,1-7H2,(H2,17,18). The van der Waals surface area contributed by atoms with Gasteiger partial charge in [-0.05, 0) is 53.6 Å². The van der Waals surface area contributed by atoms with Gasteiger partial charge in [0.2, 0.25) is 0 Å². The van der Waals surface area contributed by atoms with Crippen LogP contribution in [0.4, 0.5) is 5.82 Å². The number of nitrogens with zero attached hydrogens (tertiary/aromatic N) is 2. The first kappa shape index (κ1) is 13.9. The molecule has 2 N–H and O–H groups in total. The molecule has 0 spiro atoms. The van der Waals surface area contributed by atoms with Gasteiger partial charge in [-0.1, -0.05) is 12.8 Å². The van der Waals surface area contributed by atoms with Crippen LogP contribution < -0.4 is 5.73 Å². The van der Waals surface area contributed by atoms with Gasteiger partial charge in [-0.2, -0.15) is 0 Å². The number of likely N-dealkylation sites (tertiary alicyclic amines) is 1. The van der Waals surface area contributed by atoms with Gasteiger partial charge in [-0.15, -0.1) is 0 Å². The second-order valence-corrected chi connectivity index (χ2v) is 6.75. The number of rotatable bonds is 2. The fraction of sp³-hybridized carbons (Fsp3) is 0.600. The highest BCUT2D eigenvalue weighted by molar-refractivity contribution is 9.10. The van der Waals surface area contributed by atoms with Crippen molar-refractivity contribution in [3.8, 4) is 0 Å². The molecule has 2 heterocycles. The maximum atomic E-state index is 12.8. The van der Waals surface area contributed by atoms with Crippen LogP contribution in [-0.4, -0.2) is 28.4 Å². The maximum absolute atomic E-state index is 12.8. The van der Waals surface area contributed by atoms with E-state index in [1.54, 1.807) is 12.3 Å². The van der Waals surface area contributed by atoms with Crippen molar-refractivity contribution in [2.75, 3.05) is 12.3 Å². The zero-order valence-electron chi connectivity index (χ0n) is 11.5. The molecule has 1 atom stereocenters. The van der Waals surface area contributed by atoms with Crippen LogP contribution in [0.2, 0.25) is 0 Å². The Kier molecular flexibility index (Phi) is 3.96. The molecule has 0 aromatic carbocycles. The van der Waals surface area contributed by atoms with Gasteiger partial charge < -0.3 is 10.6 Å². The summed E-state index contributed by atoms with van der Waals surface area (Å²) in [6, 6.07) is 2.19. The number of carbonyl (C=O) groups is 1. The highest BCUT2D eigenvalue weighted by Crippen LogP contribution is 2.36. The van der Waals surface area contributed by atoms with E-state index in [-0.39, 0.29) is 5.91 Å². The van der Waals surface area contributed by atoms with Crippen molar-refractivity contribution in [2.45, 2.75) is 44.6 Å². The van der Waals surface area contributed by atoms with Gasteiger partial charge in [-0.25, -0.2) is 4.98 Å². The molecule has 1 aliphatic heterocycles. The zero-order chi connectivity index (χ0) is 14.1. The van der Waals surface area contributed by atoms with Gasteiger partial charge in [0, 0.05) is 23.3 Å². The molecule has 2 fully saturated rings. The van der Waals surface area contributed by atoms with Crippen LogP contribution >= 0.6 is 15.9 Å². The molecule has 1 saturated heterocycles. The molecular weight excluding hydrogens is 318 g/mol. The maximum Gasteiger partial charge on any atom is 0.257 e. The Balaban J connectivity index is 1.83. The lowest BCUT2D eigenvalue weighted by Crippen LogP contribution is -2.39. The van der Waals surface area contributed by atoms with E-state index in [1.807, 2.05) is 4.90 Å². The summed E-state index contributed by atoms with van der Waals surface area (Å²) in [5, 5.41) is 0. The molecule has 3 rings (SSSR count). The van der Waals surface area contributed by atoms with Gasteiger partial charge in [0.05, 0.1) is 5.56 Å². The third-order valence-electron chi connectivity index (χ3n) is 4.62. The Hall–Kier alpha value is -1.10. The second kappa shape index (κ2) is 5.72. The van der Waals surface area contributed by atoms with Crippen LogP contribution in [0.3, 0.4) is 0 Å². The third-order valence-corrected chi connectivity index (χ3v) is 5.05. The van der Waals surface area contributed by atoms with E-state index < -0.39 is 0 Å². The fourth-order valence-electron chi connectivity index (χ4n) is 3.65. The number of nitrogen functional groups attached to an aromatic ring is 1. The summed E-state index contributed by atoms with van der Waals surface area (Å²) in [5.74, 6) is 1.06. The molecule has 1 saturated carbocycles. The lowest BCUT2D eigenvalue weighted by Gasteiger charge is -2.29. The van der Waals surface area contributed by atoms with Crippen LogP contribution in [0.25, 0.3) is 0 Å². The third kappa shape index (κ3) is 2.55. The van der Waals surface area contributed by atoms with Gasteiger partial charge in [-0.3, -0.25) is 4.79 Å². The minimum Gasteiger partial charge on any atom is -0.383 e. The van der Waals surface area contributed by atoms with Gasteiger partial charge in [0.1, 0.15) is 5.82 Å². The lowest BCUT2D eigenvalue weighted by molar-refractivity contribution is 0.0689. The molecule has 1 aromatic rings. The van der Waals surface area contributed by atoms with Crippen molar-refractivity contribution in [3.05, 3.63) is 22.3 Å². The van der Waals surface area contributed by atoms with Crippen molar-refractivity contribution in [3.63, 3.8) is 0 Å². The molecule has 108 valence electrons. The molecule has 0 radical (unpaired) electrons. The van der Waals surface area contributed by atoms with Crippen LogP contribution in [0.15, 0.2) is 16.7 Å². The summed E-state index contributed by atoms with van der Waals surface area (Å²) in [7, 11) is 0. The summed E-state index contributed by atoms with van der Waals surface area (Å²) in [4.78, 5) is 18.9. The molecule has 2 aliphatic rings. The summed E-state index contributed by atoms with van der Waals surface area (Å²) in [6.45, 7) is 0.853. The molecule has 1 aromatic heterocycles.